The highest BCUT2D eigenvalue weighted by molar-refractivity contribution is 7.13. The normalized spacial score (nSPS) is 12.3. The van der Waals surface area contributed by atoms with E-state index in [9.17, 15) is 9.59 Å². The van der Waals surface area contributed by atoms with E-state index < -0.39 is 12.1 Å². The number of ether oxygens (including phenoxy) is 1. The second-order valence-corrected chi connectivity index (χ2v) is 7.70. The number of carboxylic acid groups (broad SMARTS) is 1. The van der Waals surface area contributed by atoms with Gasteiger partial charge in [-0.3, -0.25) is 0 Å². The number of aromatic carboxylic acids is 1. The quantitative estimate of drug-likeness (QED) is 0.701. The van der Waals surface area contributed by atoms with Gasteiger partial charge in [0.15, 0.2) is 0 Å². The minimum atomic E-state index is -1.02. The summed E-state index contributed by atoms with van der Waals surface area (Å²) in [5, 5.41) is 9.52. The van der Waals surface area contributed by atoms with Gasteiger partial charge >= 0.3 is 12.1 Å². The van der Waals surface area contributed by atoms with E-state index in [0.29, 0.717) is 5.01 Å². The van der Waals surface area contributed by atoms with Crippen LogP contribution in [0.25, 0.3) is 11.1 Å². The second kappa shape index (κ2) is 7.44. The predicted octanol–water partition coefficient (Wildman–Crippen LogP) is 4.22. The maximum atomic E-state index is 12.4. The van der Waals surface area contributed by atoms with E-state index in [2.05, 4.69) is 29.2 Å². The van der Waals surface area contributed by atoms with Crippen molar-refractivity contribution in [2.45, 2.75) is 12.5 Å². The maximum absolute atomic E-state index is 12.4. The zero-order valence-corrected chi connectivity index (χ0v) is 16.0. The van der Waals surface area contributed by atoms with Crippen LogP contribution in [-0.2, 0) is 11.3 Å². The minimum Gasteiger partial charge on any atom is -0.477 e. The molecule has 0 unspecified atom stereocenters. The third-order valence-electron chi connectivity index (χ3n) is 4.78. The molecule has 0 fully saturated rings. The first-order chi connectivity index (χ1) is 13.5. The van der Waals surface area contributed by atoms with Gasteiger partial charge in [0.1, 0.15) is 16.5 Å². The molecule has 28 heavy (non-hydrogen) atoms. The van der Waals surface area contributed by atoms with E-state index >= 15 is 0 Å². The molecule has 1 aliphatic carbocycles. The largest absolute Gasteiger partial charge is 0.477 e. The molecule has 0 radical (unpaired) electrons. The van der Waals surface area contributed by atoms with E-state index in [4.69, 9.17) is 9.84 Å². The summed E-state index contributed by atoms with van der Waals surface area (Å²) in [6.07, 6.45) is 0.836. The predicted molar refractivity (Wildman–Crippen MR) is 106 cm³/mol. The molecule has 2 aromatic carbocycles. The smallest absolute Gasteiger partial charge is 0.409 e. The molecular weight excluding hydrogens is 376 g/mol. The van der Waals surface area contributed by atoms with Crippen LogP contribution in [0.15, 0.2) is 54.7 Å². The summed E-state index contributed by atoms with van der Waals surface area (Å²) in [5.74, 6) is -1.02. The van der Waals surface area contributed by atoms with E-state index in [-0.39, 0.29) is 23.9 Å². The Kier molecular flexibility index (Phi) is 4.83. The van der Waals surface area contributed by atoms with Gasteiger partial charge in [0.05, 0.1) is 12.7 Å². The molecule has 7 heteroatoms. The van der Waals surface area contributed by atoms with Crippen LogP contribution >= 0.6 is 11.3 Å². The lowest BCUT2D eigenvalue weighted by molar-refractivity contribution is 0.0701. The Labute approximate surface area is 166 Å². The first-order valence-corrected chi connectivity index (χ1v) is 9.60. The number of benzene rings is 2. The lowest BCUT2D eigenvalue weighted by Gasteiger charge is -2.19. The Morgan fingerprint density at radius 1 is 1.11 bits per heavy atom. The fourth-order valence-corrected chi connectivity index (χ4v) is 4.26. The molecule has 1 N–H and O–H groups in total. The summed E-state index contributed by atoms with van der Waals surface area (Å²) in [4.78, 5) is 29.0. The van der Waals surface area contributed by atoms with E-state index in [1.807, 2.05) is 24.3 Å². The first-order valence-electron chi connectivity index (χ1n) is 8.78. The number of carboxylic acids is 1. The van der Waals surface area contributed by atoms with E-state index in [0.717, 1.165) is 22.5 Å². The number of hydrogen-bond donors (Lipinski definition) is 1. The highest BCUT2D eigenvalue weighted by Gasteiger charge is 2.29. The molecule has 0 spiro atoms. The summed E-state index contributed by atoms with van der Waals surface area (Å²) in [6.45, 7) is 0.448. The van der Waals surface area contributed by atoms with Crippen molar-refractivity contribution in [1.82, 2.24) is 9.88 Å². The van der Waals surface area contributed by atoms with Crippen LogP contribution in [0.5, 0.6) is 0 Å². The van der Waals surface area contributed by atoms with Crippen molar-refractivity contribution >= 4 is 23.4 Å². The molecule has 0 aliphatic heterocycles. The molecule has 0 saturated carbocycles. The molecular formula is C21H18N2O4S. The van der Waals surface area contributed by atoms with Crippen molar-refractivity contribution < 1.29 is 19.4 Å². The number of fused-ring (bicyclic) bond motifs is 3. The third-order valence-corrected chi connectivity index (χ3v) is 5.75. The standard InChI is InChI=1S/C21H18N2O4S/c1-23(11-19-22-10-18(28-19)20(24)25)21(26)27-12-17-15-8-4-2-6-13(15)14-7-3-5-9-16(14)17/h2-10,17H,11-12H2,1H3,(H,24,25). The average Bonchev–Trinajstić information content (AvgIpc) is 3.29. The zero-order valence-electron chi connectivity index (χ0n) is 15.2. The van der Waals surface area contributed by atoms with Crippen LogP contribution in [-0.4, -0.2) is 40.7 Å². The number of amides is 1. The number of aromatic nitrogens is 1. The molecule has 0 saturated heterocycles. The average molecular weight is 394 g/mol. The summed E-state index contributed by atoms with van der Waals surface area (Å²) in [5.41, 5.74) is 4.67. The summed E-state index contributed by atoms with van der Waals surface area (Å²) >= 11 is 1.05. The molecule has 0 bridgehead atoms. The monoisotopic (exact) mass is 394 g/mol. The Bertz CT molecular complexity index is 1000. The lowest BCUT2D eigenvalue weighted by Crippen LogP contribution is -2.28. The van der Waals surface area contributed by atoms with Crippen molar-refractivity contribution in [3.05, 3.63) is 75.7 Å². The van der Waals surface area contributed by atoms with Gasteiger partial charge in [-0.15, -0.1) is 11.3 Å². The highest BCUT2D eigenvalue weighted by atomic mass is 32.1. The van der Waals surface area contributed by atoms with Crippen LogP contribution < -0.4 is 0 Å². The van der Waals surface area contributed by atoms with Crippen molar-refractivity contribution in [1.29, 1.82) is 0 Å². The van der Waals surface area contributed by atoms with Gasteiger partial charge in [-0.25, -0.2) is 14.6 Å². The SMILES string of the molecule is CN(Cc1ncc(C(=O)O)s1)C(=O)OCC1c2ccccc2-c2ccccc21. The number of carbonyl (C=O) groups excluding carboxylic acids is 1. The zero-order chi connectivity index (χ0) is 19.7. The van der Waals surface area contributed by atoms with Gasteiger partial charge in [0.25, 0.3) is 0 Å². The van der Waals surface area contributed by atoms with Gasteiger partial charge in [-0.05, 0) is 22.3 Å². The third kappa shape index (κ3) is 3.36. The molecule has 1 aromatic heterocycles. The highest BCUT2D eigenvalue weighted by Crippen LogP contribution is 2.44. The Morgan fingerprint density at radius 2 is 1.71 bits per heavy atom. The van der Waals surface area contributed by atoms with Crippen LogP contribution in [0, 0.1) is 0 Å². The molecule has 1 aliphatic rings. The molecule has 0 atom stereocenters. The number of rotatable bonds is 5. The fourth-order valence-electron chi connectivity index (χ4n) is 3.45. The summed E-state index contributed by atoms with van der Waals surface area (Å²) < 4.78 is 5.58. The molecule has 3 aromatic rings. The summed E-state index contributed by atoms with van der Waals surface area (Å²) in [6, 6.07) is 16.3. The molecule has 4 rings (SSSR count). The lowest BCUT2D eigenvalue weighted by atomic mass is 9.98. The van der Waals surface area contributed by atoms with Crippen molar-refractivity contribution in [2.75, 3.05) is 13.7 Å². The van der Waals surface area contributed by atoms with E-state index in [1.165, 1.54) is 22.2 Å². The number of thiazole rings is 1. The van der Waals surface area contributed by atoms with Gasteiger partial charge in [0, 0.05) is 13.0 Å². The Balaban J connectivity index is 1.44. The number of hydrogen-bond acceptors (Lipinski definition) is 5. The van der Waals surface area contributed by atoms with Crippen molar-refractivity contribution in [3.8, 4) is 11.1 Å². The topological polar surface area (TPSA) is 79.7 Å². The molecule has 6 nitrogen and oxygen atoms in total. The fraction of sp³-hybridized carbons (Fsp3) is 0.190. The number of carbonyl (C=O) groups is 2. The van der Waals surface area contributed by atoms with E-state index in [1.54, 1.807) is 7.05 Å². The van der Waals surface area contributed by atoms with Gasteiger partial charge in [0.2, 0.25) is 0 Å². The van der Waals surface area contributed by atoms with Gasteiger partial charge < -0.3 is 14.7 Å². The van der Waals surface area contributed by atoms with Crippen molar-refractivity contribution in [3.63, 3.8) is 0 Å². The molecule has 1 amide bonds. The molecule has 1 heterocycles. The number of nitrogens with zero attached hydrogens (tertiary/aromatic N) is 2. The van der Waals surface area contributed by atoms with Crippen LogP contribution in [0.2, 0.25) is 0 Å². The van der Waals surface area contributed by atoms with Gasteiger partial charge in [-0.1, -0.05) is 48.5 Å². The first kappa shape index (κ1) is 18.2. The van der Waals surface area contributed by atoms with Crippen LogP contribution in [0.4, 0.5) is 4.79 Å². The van der Waals surface area contributed by atoms with Crippen molar-refractivity contribution in [2.24, 2.45) is 0 Å². The Hall–Kier alpha value is -3.19. The minimum absolute atomic E-state index is 0.00299. The second-order valence-electron chi connectivity index (χ2n) is 6.58. The van der Waals surface area contributed by atoms with Crippen LogP contribution in [0.1, 0.15) is 31.7 Å². The van der Waals surface area contributed by atoms with Crippen LogP contribution in [0.3, 0.4) is 0 Å². The van der Waals surface area contributed by atoms with Gasteiger partial charge in [-0.2, -0.15) is 0 Å². The molecule has 142 valence electrons. The maximum Gasteiger partial charge on any atom is 0.409 e. The Morgan fingerprint density at radius 3 is 2.29 bits per heavy atom. The summed E-state index contributed by atoms with van der Waals surface area (Å²) in [7, 11) is 1.61.